The first-order valence-electron chi connectivity index (χ1n) is 5.76. The molecular formula is C14H22O. The predicted molar refractivity (Wildman–Crippen MR) is 65.0 cm³/mol. The molecule has 1 rings (SSSR count). The van der Waals surface area contributed by atoms with E-state index in [0.717, 1.165) is 12.8 Å². The lowest BCUT2D eigenvalue weighted by molar-refractivity contribution is -0.00841. The standard InChI is InChI=1S/C14H22O/c1-5-14(15,11(2)3)10-13-9-7-6-8-12(13)4/h6-9,11,15H,5,10H2,1-4H3. The lowest BCUT2D eigenvalue weighted by Crippen LogP contribution is -2.36. The van der Waals surface area contributed by atoms with Crippen LogP contribution in [0.2, 0.25) is 0 Å². The van der Waals surface area contributed by atoms with Crippen LogP contribution in [-0.4, -0.2) is 10.7 Å². The van der Waals surface area contributed by atoms with Crippen molar-refractivity contribution in [2.45, 2.75) is 46.1 Å². The Labute approximate surface area is 93.1 Å². The van der Waals surface area contributed by atoms with Crippen molar-refractivity contribution in [3.05, 3.63) is 35.4 Å². The summed E-state index contributed by atoms with van der Waals surface area (Å²) in [6, 6.07) is 8.29. The maximum Gasteiger partial charge on any atom is 0.0708 e. The second-order valence-electron chi connectivity index (χ2n) is 4.72. The normalized spacial score (nSPS) is 15.3. The molecule has 84 valence electrons. The van der Waals surface area contributed by atoms with E-state index in [9.17, 15) is 5.11 Å². The molecule has 0 heterocycles. The fourth-order valence-electron chi connectivity index (χ4n) is 1.88. The fourth-order valence-corrected chi connectivity index (χ4v) is 1.88. The highest BCUT2D eigenvalue weighted by molar-refractivity contribution is 5.27. The summed E-state index contributed by atoms with van der Waals surface area (Å²) in [5.74, 6) is 0.294. The molecule has 15 heavy (non-hydrogen) atoms. The first-order valence-corrected chi connectivity index (χ1v) is 5.76. The van der Waals surface area contributed by atoms with Crippen LogP contribution in [-0.2, 0) is 6.42 Å². The second-order valence-corrected chi connectivity index (χ2v) is 4.72. The van der Waals surface area contributed by atoms with E-state index in [-0.39, 0.29) is 0 Å². The van der Waals surface area contributed by atoms with E-state index in [1.54, 1.807) is 0 Å². The van der Waals surface area contributed by atoms with E-state index in [0.29, 0.717) is 5.92 Å². The van der Waals surface area contributed by atoms with Gasteiger partial charge >= 0.3 is 0 Å². The highest BCUT2D eigenvalue weighted by atomic mass is 16.3. The molecule has 0 bridgehead atoms. The number of aryl methyl sites for hydroxylation is 1. The smallest absolute Gasteiger partial charge is 0.0708 e. The monoisotopic (exact) mass is 206 g/mol. The summed E-state index contributed by atoms with van der Waals surface area (Å²) < 4.78 is 0. The number of benzene rings is 1. The van der Waals surface area contributed by atoms with Crippen molar-refractivity contribution < 1.29 is 5.11 Å². The first kappa shape index (κ1) is 12.3. The maximum atomic E-state index is 10.5. The topological polar surface area (TPSA) is 20.2 Å². The number of aliphatic hydroxyl groups is 1. The highest BCUT2D eigenvalue weighted by Crippen LogP contribution is 2.26. The summed E-state index contributed by atoms with van der Waals surface area (Å²) in [5.41, 5.74) is 1.96. The largest absolute Gasteiger partial charge is 0.389 e. The molecule has 1 aromatic carbocycles. The number of rotatable bonds is 4. The van der Waals surface area contributed by atoms with Crippen molar-refractivity contribution in [1.29, 1.82) is 0 Å². The SMILES string of the molecule is CCC(O)(Cc1ccccc1C)C(C)C. The third-order valence-electron chi connectivity index (χ3n) is 3.44. The van der Waals surface area contributed by atoms with Crippen LogP contribution in [0.25, 0.3) is 0 Å². The van der Waals surface area contributed by atoms with Crippen LogP contribution < -0.4 is 0 Å². The van der Waals surface area contributed by atoms with Crippen LogP contribution in [0.4, 0.5) is 0 Å². The lowest BCUT2D eigenvalue weighted by Gasteiger charge is -2.31. The Morgan fingerprint density at radius 3 is 2.33 bits per heavy atom. The number of hydrogen-bond acceptors (Lipinski definition) is 1. The van der Waals surface area contributed by atoms with E-state index < -0.39 is 5.60 Å². The van der Waals surface area contributed by atoms with Crippen LogP contribution in [0.15, 0.2) is 24.3 Å². The Bertz CT molecular complexity index is 317. The van der Waals surface area contributed by atoms with Gasteiger partial charge in [-0.15, -0.1) is 0 Å². The summed E-state index contributed by atoms with van der Waals surface area (Å²) in [6.45, 7) is 8.33. The van der Waals surface area contributed by atoms with E-state index >= 15 is 0 Å². The van der Waals surface area contributed by atoms with Gasteiger partial charge < -0.3 is 5.11 Å². The maximum absolute atomic E-state index is 10.5. The minimum Gasteiger partial charge on any atom is -0.389 e. The third kappa shape index (κ3) is 2.82. The number of hydrogen-bond donors (Lipinski definition) is 1. The molecule has 0 saturated heterocycles. The van der Waals surface area contributed by atoms with Gasteiger partial charge in [-0.3, -0.25) is 0 Å². The van der Waals surface area contributed by atoms with Gasteiger partial charge in [0.25, 0.3) is 0 Å². The lowest BCUT2D eigenvalue weighted by atomic mass is 9.81. The summed E-state index contributed by atoms with van der Waals surface area (Å²) in [5, 5.41) is 10.5. The molecule has 0 fully saturated rings. The van der Waals surface area contributed by atoms with Crippen LogP contribution in [0.5, 0.6) is 0 Å². The van der Waals surface area contributed by atoms with Crippen molar-refractivity contribution in [1.82, 2.24) is 0 Å². The molecule has 0 saturated carbocycles. The van der Waals surface area contributed by atoms with Gasteiger partial charge in [-0.2, -0.15) is 0 Å². The second kappa shape index (κ2) is 4.80. The van der Waals surface area contributed by atoms with Gasteiger partial charge in [-0.05, 0) is 30.4 Å². The Hall–Kier alpha value is -0.820. The summed E-state index contributed by atoms with van der Waals surface area (Å²) >= 11 is 0. The van der Waals surface area contributed by atoms with Crippen LogP contribution >= 0.6 is 0 Å². The summed E-state index contributed by atoms with van der Waals surface area (Å²) in [4.78, 5) is 0. The van der Waals surface area contributed by atoms with Crippen molar-refractivity contribution in [2.24, 2.45) is 5.92 Å². The van der Waals surface area contributed by atoms with Crippen molar-refractivity contribution >= 4 is 0 Å². The summed E-state index contributed by atoms with van der Waals surface area (Å²) in [7, 11) is 0. The van der Waals surface area contributed by atoms with Gasteiger partial charge in [0.1, 0.15) is 0 Å². The average Bonchev–Trinajstić information content (AvgIpc) is 2.21. The Kier molecular flexibility index (Phi) is 3.92. The molecule has 1 aromatic rings. The molecule has 0 amide bonds. The molecule has 0 aromatic heterocycles. The van der Waals surface area contributed by atoms with Crippen LogP contribution in [0, 0.1) is 12.8 Å². The van der Waals surface area contributed by atoms with Crippen molar-refractivity contribution in [3.8, 4) is 0 Å². The molecule has 1 heteroatoms. The molecular weight excluding hydrogens is 184 g/mol. The molecule has 1 unspecified atom stereocenters. The van der Waals surface area contributed by atoms with Gasteiger partial charge in [0.05, 0.1) is 5.60 Å². The van der Waals surface area contributed by atoms with E-state index in [4.69, 9.17) is 0 Å². The molecule has 0 spiro atoms. The molecule has 0 radical (unpaired) electrons. The fraction of sp³-hybridized carbons (Fsp3) is 0.571. The van der Waals surface area contributed by atoms with Crippen LogP contribution in [0.1, 0.15) is 38.3 Å². The molecule has 1 nitrogen and oxygen atoms in total. The van der Waals surface area contributed by atoms with Gasteiger partial charge in [0.15, 0.2) is 0 Å². The predicted octanol–water partition coefficient (Wildman–Crippen LogP) is 3.33. The Morgan fingerprint density at radius 1 is 1.27 bits per heavy atom. The molecule has 1 N–H and O–H groups in total. The van der Waals surface area contributed by atoms with E-state index in [1.807, 2.05) is 12.1 Å². The minimum absolute atomic E-state index is 0.294. The molecule has 0 aliphatic heterocycles. The Balaban J connectivity index is 2.89. The average molecular weight is 206 g/mol. The molecule has 1 atom stereocenters. The zero-order valence-electron chi connectivity index (χ0n) is 10.2. The first-order chi connectivity index (χ1) is 6.99. The molecule has 0 aliphatic rings. The van der Waals surface area contributed by atoms with Gasteiger partial charge in [-0.25, -0.2) is 0 Å². The highest BCUT2D eigenvalue weighted by Gasteiger charge is 2.29. The van der Waals surface area contributed by atoms with Gasteiger partial charge in [-0.1, -0.05) is 45.0 Å². The minimum atomic E-state index is -0.563. The molecule has 0 aliphatic carbocycles. The zero-order chi connectivity index (χ0) is 11.5. The third-order valence-corrected chi connectivity index (χ3v) is 3.44. The van der Waals surface area contributed by atoms with E-state index in [1.165, 1.54) is 11.1 Å². The van der Waals surface area contributed by atoms with Crippen molar-refractivity contribution in [3.63, 3.8) is 0 Å². The van der Waals surface area contributed by atoms with Crippen LogP contribution in [0.3, 0.4) is 0 Å². The van der Waals surface area contributed by atoms with Gasteiger partial charge in [0.2, 0.25) is 0 Å². The quantitative estimate of drug-likeness (QED) is 0.801. The van der Waals surface area contributed by atoms with Crippen molar-refractivity contribution in [2.75, 3.05) is 0 Å². The van der Waals surface area contributed by atoms with Gasteiger partial charge in [0, 0.05) is 6.42 Å². The summed E-state index contributed by atoms with van der Waals surface area (Å²) in [6.07, 6.45) is 1.56. The zero-order valence-corrected chi connectivity index (χ0v) is 10.2. The Morgan fingerprint density at radius 2 is 1.87 bits per heavy atom. The van der Waals surface area contributed by atoms with E-state index in [2.05, 4.69) is 39.8 Å².